The van der Waals surface area contributed by atoms with E-state index in [0.29, 0.717) is 17.5 Å². The minimum atomic E-state index is -0.532. The normalized spacial score (nSPS) is 9.62. The van der Waals surface area contributed by atoms with Crippen molar-refractivity contribution in [1.29, 1.82) is 5.26 Å². The summed E-state index contributed by atoms with van der Waals surface area (Å²) in [7, 11) is 1.27. The fourth-order valence-corrected chi connectivity index (χ4v) is 1.50. The highest BCUT2D eigenvalue weighted by molar-refractivity contribution is 5.92. The smallest absolute Gasteiger partial charge is 0.338 e. The van der Waals surface area contributed by atoms with Crippen molar-refractivity contribution in [3.8, 4) is 6.07 Å². The maximum atomic E-state index is 11.5. The van der Waals surface area contributed by atoms with Gasteiger partial charge in [-0.05, 0) is 24.1 Å². The van der Waals surface area contributed by atoms with Crippen molar-refractivity contribution in [3.05, 3.63) is 34.4 Å². The van der Waals surface area contributed by atoms with E-state index in [-0.39, 0.29) is 12.2 Å². The first-order valence-corrected chi connectivity index (χ1v) is 4.93. The van der Waals surface area contributed by atoms with E-state index in [4.69, 9.17) is 5.26 Å². The third kappa shape index (κ3) is 2.20. The molecule has 1 rings (SSSR count). The third-order valence-corrected chi connectivity index (χ3v) is 2.40. The summed E-state index contributed by atoms with van der Waals surface area (Å²) in [5.74, 6) is -0.532. The van der Waals surface area contributed by atoms with E-state index in [0.717, 1.165) is 5.56 Å². The summed E-state index contributed by atoms with van der Waals surface area (Å²) < 4.78 is 4.62. The number of carbonyl (C=O) groups excluding carboxylic acids is 1. The molecule has 0 aliphatic carbocycles. The van der Waals surface area contributed by atoms with Gasteiger partial charge in [0.15, 0.2) is 0 Å². The van der Waals surface area contributed by atoms with E-state index in [9.17, 15) is 9.90 Å². The van der Waals surface area contributed by atoms with Crippen molar-refractivity contribution in [3.63, 3.8) is 0 Å². The van der Waals surface area contributed by atoms with E-state index in [1.165, 1.54) is 7.11 Å². The molecule has 0 unspecified atom stereocenters. The van der Waals surface area contributed by atoms with Crippen LogP contribution in [0.15, 0.2) is 12.1 Å². The van der Waals surface area contributed by atoms with Gasteiger partial charge in [-0.3, -0.25) is 0 Å². The van der Waals surface area contributed by atoms with Crippen LogP contribution in [0.2, 0.25) is 0 Å². The fraction of sp³-hybridized carbons (Fsp3) is 0.333. The van der Waals surface area contributed by atoms with Crippen LogP contribution in [0, 0.1) is 11.3 Å². The Hall–Kier alpha value is -1.86. The molecule has 0 aliphatic heterocycles. The average Bonchev–Trinajstić information content (AvgIpc) is 2.35. The standard InChI is InChI=1S/C12H13NO3/c1-3-8-4-9(6-13)11(7-14)10(5-8)12(15)16-2/h4-5,14H,3,7H2,1-2H3. The quantitative estimate of drug-likeness (QED) is 0.780. The van der Waals surface area contributed by atoms with Gasteiger partial charge in [-0.1, -0.05) is 6.92 Å². The van der Waals surface area contributed by atoms with Crippen molar-refractivity contribution in [1.82, 2.24) is 0 Å². The van der Waals surface area contributed by atoms with Gasteiger partial charge in [-0.2, -0.15) is 5.26 Å². The molecule has 16 heavy (non-hydrogen) atoms. The van der Waals surface area contributed by atoms with Gasteiger partial charge in [-0.25, -0.2) is 4.79 Å². The van der Waals surface area contributed by atoms with Crippen LogP contribution in [0.1, 0.15) is 34.0 Å². The topological polar surface area (TPSA) is 70.3 Å². The van der Waals surface area contributed by atoms with Crippen LogP contribution in [0.4, 0.5) is 0 Å². The zero-order valence-corrected chi connectivity index (χ0v) is 9.28. The number of aliphatic hydroxyl groups is 1. The second-order valence-electron chi connectivity index (χ2n) is 3.28. The van der Waals surface area contributed by atoms with E-state index < -0.39 is 5.97 Å². The van der Waals surface area contributed by atoms with Gasteiger partial charge in [0.25, 0.3) is 0 Å². The van der Waals surface area contributed by atoms with Crippen LogP contribution in [0.3, 0.4) is 0 Å². The molecule has 0 aliphatic rings. The molecule has 4 heteroatoms. The van der Waals surface area contributed by atoms with Gasteiger partial charge >= 0.3 is 5.97 Å². The number of nitriles is 1. The lowest BCUT2D eigenvalue weighted by molar-refractivity contribution is 0.0597. The summed E-state index contributed by atoms with van der Waals surface area (Å²) in [5.41, 5.74) is 1.78. The number of ether oxygens (including phenoxy) is 1. The Bertz CT molecular complexity index is 446. The summed E-state index contributed by atoms with van der Waals surface area (Å²) in [5, 5.41) is 18.1. The van der Waals surface area contributed by atoms with E-state index >= 15 is 0 Å². The van der Waals surface area contributed by atoms with Crippen molar-refractivity contribution in [2.24, 2.45) is 0 Å². The Morgan fingerprint density at radius 3 is 2.69 bits per heavy atom. The van der Waals surface area contributed by atoms with E-state index in [2.05, 4.69) is 4.74 Å². The molecule has 0 amide bonds. The van der Waals surface area contributed by atoms with Crippen molar-refractivity contribution < 1.29 is 14.6 Å². The Kier molecular flexibility index (Phi) is 4.03. The minimum Gasteiger partial charge on any atom is -0.465 e. The van der Waals surface area contributed by atoms with Gasteiger partial charge < -0.3 is 9.84 Å². The van der Waals surface area contributed by atoms with Gasteiger partial charge in [0.05, 0.1) is 30.9 Å². The Balaban J connectivity index is 3.44. The highest BCUT2D eigenvalue weighted by atomic mass is 16.5. The number of hydrogen-bond acceptors (Lipinski definition) is 4. The molecule has 0 aromatic heterocycles. The zero-order chi connectivity index (χ0) is 12.1. The van der Waals surface area contributed by atoms with E-state index in [1.807, 2.05) is 13.0 Å². The lowest BCUT2D eigenvalue weighted by atomic mass is 9.97. The second-order valence-corrected chi connectivity index (χ2v) is 3.28. The second kappa shape index (κ2) is 5.29. The molecule has 0 fully saturated rings. The SMILES string of the molecule is CCc1cc(C#N)c(CO)c(C(=O)OC)c1. The fourth-order valence-electron chi connectivity index (χ4n) is 1.50. The molecule has 1 aromatic carbocycles. The highest BCUT2D eigenvalue weighted by Gasteiger charge is 2.16. The van der Waals surface area contributed by atoms with Crippen molar-refractivity contribution in [2.45, 2.75) is 20.0 Å². The number of hydrogen-bond donors (Lipinski definition) is 1. The predicted molar refractivity (Wildman–Crippen MR) is 57.8 cm³/mol. The molecule has 84 valence electrons. The minimum absolute atomic E-state index is 0.265. The van der Waals surface area contributed by atoms with Crippen LogP contribution in [-0.2, 0) is 17.8 Å². The Labute approximate surface area is 94.1 Å². The van der Waals surface area contributed by atoms with E-state index in [1.54, 1.807) is 12.1 Å². The van der Waals surface area contributed by atoms with Crippen LogP contribution >= 0.6 is 0 Å². The summed E-state index contributed by atoms with van der Waals surface area (Å²) in [6.45, 7) is 1.58. The van der Waals surface area contributed by atoms with Gasteiger partial charge in [0.2, 0.25) is 0 Å². The molecule has 0 saturated heterocycles. The number of aliphatic hydroxyl groups excluding tert-OH is 1. The van der Waals surface area contributed by atoms with Crippen LogP contribution in [0.5, 0.6) is 0 Å². The zero-order valence-electron chi connectivity index (χ0n) is 9.28. The Morgan fingerprint density at radius 2 is 2.25 bits per heavy atom. The lowest BCUT2D eigenvalue weighted by Gasteiger charge is -2.09. The highest BCUT2D eigenvalue weighted by Crippen LogP contribution is 2.19. The monoisotopic (exact) mass is 219 g/mol. The molecule has 4 nitrogen and oxygen atoms in total. The number of esters is 1. The maximum absolute atomic E-state index is 11.5. The number of rotatable bonds is 3. The van der Waals surface area contributed by atoms with Crippen LogP contribution in [0.25, 0.3) is 0 Å². The summed E-state index contributed by atoms with van der Waals surface area (Å²) in [4.78, 5) is 11.5. The first-order chi connectivity index (χ1) is 7.67. The largest absolute Gasteiger partial charge is 0.465 e. The van der Waals surface area contributed by atoms with Crippen LogP contribution < -0.4 is 0 Å². The number of aryl methyl sites for hydroxylation is 1. The van der Waals surface area contributed by atoms with Crippen molar-refractivity contribution >= 4 is 5.97 Å². The molecular weight excluding hydrogens is 206 g/mol. The number of benzene rings is 1. The number of carbonyl (C=O) groups is 1. The summed E-state index contributed by atoms with van der Waals surface area (Å²) >= 11 is 0. The molecule has 0 saturated carbocycles. The van der Waals surface area contributed by atoms with Gasteiger partial charge in [-0.15, -0.1) is 0 Å². The number of methoxy groups -OCH3 is 1. The molecule has 1 aromatic rings. The molecule has 0 radical (unpaired) electrons. The maximum Gasteiger partial charge on any atom is 0.338 e. The molecule has 1 N–H and O–H groups in total. The van der Waals surface area contributed by atoms with Crippen LogP contribution in [-0.4, -0.2) is 18.2 Å². The molecule has 0 heterocycles. The molecule has 0 bridgehead atoms. The van der Waals surface area contributed by atoms with Crippen molar-refractivity contribution in [2.75, 3.05) is 7.11 Å². The van der Waals surface area contributed by atoms with Gasteiger partial charge in [0, 0.05) is 5.56 Å². The molecular formula is C12H13NO3. The first kappa shape index (κ1) is 12.2. The number of nitrogens with zero attached hydrogens (tertiary/aromatic N) is 1. The van der Waals surface area contributed by atoms with Gasteiger partial charge in [0.1, 0.15) is 0 Å². The molecule has 0 spiro atoms. The summed E-state index contributed by atoms with van der Waals surface area (Å²) in [6.07, 6.45) is 0.713. The predicted octanol–water partition coefficient (Wildman–Crippen LogP) is 1.40. The Morgan fingerprint density at radius 1 is 1.56 bits per heavy atom. The summed E-state index contributed by atoms with van der Waals surface area (Å²) in [6, 6.07) is 5.30. The third-order valence-electron chi connectivity index (χ3n) is 2.40. The lowest BCUT2D eigenvalue weighted by Crippen LogP contribution is -2.09. The molecule has 0 atom stereocenters. The first-order valence-electron chi connectivity index (χ1n) is 4.93. The average molecular weight is 219 g/mol.